The predicted molar refractivity (Wildman–Crippen MR) is 118 cm³/mol. The average Bonchev–Trinajstić information content (AvgIpc) is 3.23. The number of nitrogens with one attached hydrogen (secondary N) is 1. The van der Waals surface area contributed by atoms with Gasteiger partial charge in [-0.05, 0) is 34.9 Å². The second-order valence-corrected chi connectivity index (χ2v) is 6.66. The van der Waals surface area contributed by atoms with Crippen molar-refractivity contribution < 1.29 is 9.47 Å². The Hall–Kier alpha value is -2.56. The molecule has 3 aromatic rings. The van der Waals surface area contributed by atoms with E-state index in [0.717, 1.165) is 35.8 Å². The first-order valence-electron chi connectivity index (χ1n) is 9.32. The van der Waals surface area contributed by atoms with Gasteiger partial charge in [-0.1, -0.05) is 48.5 Å². The highest BCUT2D eigenvalue weighted by molar-refractivity contribution is 6.11. The molecule has 0 unspecified atom stereocenters. The minimum Gasteiger partial charge on any atom is -0.490 e. The molecule has 1 aliphatic heterocycles. The molecule has 0 radical (unpaired) electrons. The lowest BCUT2D eigenvalue weighted by atomic mass is 9.91. The highest BCUT2D eigenvalue weighted by Crippen LogP contribution is 2.41. The number of fused-ring (bicyclic) bond motifs is 1. The van der Waals surface area contributed by atoms with Crippen LogP contribution in [0.3, 0.4) is 0 Å². The van der Waals surface area contributed by atoms with E-state index in [1.807, 2.05) is 0 Å². The van der Waals surface area contributed by atoms with Crippen molar-refractivity contribution >= 4 is 29.0 Å². The number of halogens is 1. The quantitative estimate of drug-likeness (QED) is 0.618. The van der Waals surface area contributed by atoms with Crippen LogP contribution in [-0.4, -0.2) is 39.2 Å². The van der Waals surface area contributed by atoms with Crippen molar-refractivity contribution in [1.29, 1.82) is 0 Å². The summed E-state index contributed by atoms with van der Waals surface area (Å²) in [5.74, 6) is 1.77. The average molecular weight is 397 g/mol. The molecule has 0 fully saturated rings. The van der Waals surface area contributed by atoms with Crippen LogP contribution in [0.15, 0.2) is 59.6 Å². The van der Waals surface area contributed by atoms with Gasteiger partial charge in [-0.25, -0.2) is 0 Å². The lowest BCUT2D eigenvalue weighted by Crippen LogP contribution is -2.21. The van der Waals surface area contributed by atoms with E-state index in [-0.39, 0.29) is 12.4 Å². The lowest BCUT2D eigenvalue weighted by molar-refractivity contribution is 0.146. The summed E-state index contributed by atoms with van der Waals surface area (Å²) in [4.78, 5) is 4.65. The van der Waals surface area contributed by atoms with Gasteiger partial charge in [-0.2, -0.15) is 0 Å². The number of methoxy groups -OCH3 is 1. The van der Waals surface area contributed by atoms with Crippen LogP contribution in [0.25, 0.3) is 21.9 Å². The van der Waals surface area contributed by atoms with Crippen LogP contribution in [0.2, 0.25) is 0 Å². The van der Waals surface area contributed by atoms with Gasteiger partial charge >= 0.3 is 0 Å². The van der Waals surface area contributed by atoms with Gasteiger partial charge in [0.1, 0.15) is 18.2 Å². The minimum absolute atomic E-state index is 0. The number of benzene rings is 3. The standard InChI is InChI=1S/C23H24N2O2.ClH/c1-16-7-3-5-9-18(16)21-19-10-6-4-8-17(19)15-20(23-24-11-12-25-23)22(21)27-14-13-26-2;/h3-10,15H,11-14H2,1-2H3,(H,24,25);1H. The molecule has 1 heterocycles. The predicted octanol–water partition coefficient (Wildman–Crippen LogP) is 4.61. The highest BCUT2D eigenvalue weighted by atomic mass is 35.5. The molecule has 4 rings (SSSR count). The van der Waals surface area contributed by atoms with Gasteiger partial charge in [0, 0.05) is 19.2 Å². The molecule has 0 spiro atoms. The third-order valence-electron chi connectivity index (χ3n) is 4.88. The fourth-order valence-electron chi connectivity index (χ4n) is 3.58. The molecule has 1 N–H and O–H groups in total. The molecule has 0 amide bonds. The van der Waals surface area contributed by atoms with Crippen molar-refractivity contribution in [3.63, 3.8) is 0 Å². The minimum atomic E-state index is 0. The zero-order valence-corrected chi connectivity index (χ0v) is 17.0. The number of aliphatic imine (C=N–C) groups is 1. The topological polar surface area (TPSA) is 42.9 Å². The summed E-state index contributed by atoms with van der Waals surface area (Å²) in [6.45, 7) is 4.83. The summed E-state index contributed by atoms with van der Waals surface area (Å²) in [5.41, 5.74) is 4.54. The summed E-state index contributed by atoms with van der Waals surface area (Å²) in [6.07, 6.45) is 0. The maximum atomic E-state index is 6.29. The van der Waals surface area contributed by atoms with Gasteiger partial charge in [-0.15, -0.1) is 12.4 Å². The van der Waals surface area contributed by atoms with Crippen LogP contribution < -0.4 is 10.1 Å². The number of hydrogen-bond donors (Lipinski definition) is 1. The van der Waals surface area contributed by atoms with Crippen LogP contribution in [-0.2, 0) is 4.74 Å². The summed E-state index contributed by atoms with van der Waals surface area (Å²) in [6, 6.07) is 19.1. The van der Waals surface area contributed by atoms with Crippen molar-refractivity contribution in [3.8, 4) is 16.9 Å². The summed E-state index contributed by atoms with van der Waals surface area (Å²) in [7, 11) is 1.69. The summed E-state index contributed by atoms with van der Waals surface area (Å²) in [5, 5.41) is 5.76. The number of hydrogen-bond acceptors (Lipinski definition) is 4. The third kappa shape index (κ3) is 3.84. The van der Waals surface area contributed by atoms with E-state index >= 15 is 0 Å². The number of nitrogens with zero attached hydrogens (tertiary/aromatic N) is 1. The van der Waals surface area contributed by atoms with E-state index in [1.165, 1.54) is 21.9 Å². The van der Waals surface area contributed by atoms with Crippen molar-refractivity contribution in [2.75, 3.05) is 33.4 Å². The maximum absolute atomic E-state index is 6.29. The molecule has 146 valence electrons. The van der Waals surface area contributed by atoms with Gasteiger partial charge in [-0.3, -0.25) is 4.99 Å². The van der Waals surface area contributed by atoms with Crippen LogP contribution in [0.5, 0.6) is 5.75 Å². The van der Waals surface area contributed by atoms with Gasteiger partial charge in [0.05, 0.1) is 18.7 Å². The smallest absolute Gasteiger partial charge is 0.138 e. The maximum Gasteiger partial charge on any atom is 0.138 e. The molecule has 0 bridgehead atoms. The van der Waals surface area contributed by atoms with Crippen molar-refractivity contribution in [3.05, 3.63) is 65.7 Å². The fraction of sp³-hybridized carbons (Fsp3) is 0.261. The molecule has 5 heteroatoms. The Balaban J connectivity index is 0.00000225. The fourth-order valence-corrected chi connectivity index (χ4v) is 3.58. The molecule has 1 aliphatic rings. The molecular weight excluding hydrogens is 372 g/mol. The number of rotatable bonds is 6. The van der Waals surface area contributed by atoms with Crippen LogP contribution in [0.1, 0.15) is 11.1 Å². The second-order valence-electron chi connectivity index (χ2n) is 6.66. The SMILES string of the molecule is COCCOc1c(C2=NCCN2)cc2ccccc2c1-c1ccccc1C.Cl. The van der Waals surface area contributed by atoms with E-state index in [9.17, 15) is 0 Å². The van der Waals surface area contributed by atoms with Gasteiger partial charge in [0.25, 0.3) is 0 Å². The van der Waals surface area contributed by atoms with Gasteiger partial charge in [0.2, 0.25) is 0 Å². The van der Waals surface area contributed by atoms with Crippen molar-refractivity contribution in [1.82, 2.24) is 5.32 Å². The zero-order chi connectivity index (χ0) is 18.6. The Labute approximate surface area is 172 Å². The number of amidine groups is 1. The van der Waals surface area contributed by atoms with Crippen LogP contribution in [0.4, 0.5) is 0 Å². The molecule has 0 aromatic heterocycles. The molecule has 3 aromatic carbocycles. The number of aryl methyl sites for hydroxylation is 1. The van der Waals surface area contributed by atoms with Crippen LogP contribution >= 0.6 is 12.4 Å². The first kappa shape index (κ1) is 20.2. The van der Waals surface area contributed by atoms with E-state index in [1.54, 1.807) is 7.11 Å². The Kier molecular flexibility index (Phi) is 6.55. The molecule has 28 heavy (non-hydrogen) atoms. The van der Waals surface area contributed by atoms with E-state index in [0.29, 0.717) is 13.2 Å². The lowest BCUT2D eigenvalue weighted by Gasteiger charge is -2.20. The summed E-state index contributed by atoms with van der Waals surface area (Å²) < 4.78 is 11.5. The molecule has 0 saturated carbocycles. The Morgan fingerprint density at radius 1 is 1.00 bits per heavy atom. The second kappa shape index (κ2) is 9.09. The molecular formula is C23H25ClN2O2. The molecule has 0 saturated heterocycles. The molecule has 0 atom stereocenters. The zero-order valence-electron chi connectivity index (χ0n) is 16.2. The summed E-state index contributed by atoms with van der Waals surface area (Å²) >= 11 is 0. The van der Waals surface area contributed by atoms with Crippen LogP contribution in [0, 0.1) is 6.92 Å². The highest BCUT2D eigenvalue weighted by Gasteiger charge is 2.22. The third-order valence-corrected chi connectivity index (χ3v) is 4.88. The normalized spacial score (nSPS) is 13.0. The van der Waals surface area contributed by atoms with E-state index in [2.05, 4.69) is 71.8 Å². The molecule has 0 aliphatic carbocycles. The van der Waals surface area contributed by atoms with Crippen molar-refractivity contribution in [2.45, 2.75) is 6.92 Å². The first-order chi connectivity index (χ1) is 13.3. The number of ether oxygens (including phenoxy) is 2. The van der Waals surface area contributed by atoms with E-state index < -0.39 is 0 Å². The van der Waals surface area contributed by atoms with E-state index in [4.69, 9.17) is 9.47 Å². The Bertz CT molecular complexity index is 1000. The molecule has 4 nitrogen and oxygen atoms in total. The largest absolute Gasteiger partial charge is 0.490 e. The first-order valence-corrected chi connectivity index (χ1v) is 9.32. The van der Waals surface area contributed by atoms with Crippen molar-refractivity contribution in [2.24, 2.45) is 4.99 Å². The van der Waals surface area contributed by atoms with Gasteiger partial charge in [0.15, 0.2) is 0 Å². The Morgan fingerprint density at radius 2 is 1.79 bits per heavy atom. The van der Waals surface area contributed by atoms with Gasteiger partial charge < -0.3 is 14.8 Å². The Morgan fingerprint density at radius 3 is 2.54 bits per heavy atom. The monoisotopic (exact) mass is 396 g/mol.